The van der Waals surface area contributed by atoms with E-state index in [-0.39, 0.29) is 11.9 Å². The molecule has 4 nitrogen and oxygen atoms in total. The minimum absolute atomic E-state index is 0.140. The number of carbonyl (C=O) groups excluding carboxylic acids is 1. The van der Waals surface area contributed by atoms with Gasteiger partial charge in [-0.2, -0.15) is 0 Å². The van der Waals surface area contributed by atoms with Gasteiger partial charge in [0.1, 0.15) is 18.1 Å². The summed E-state index contributed by atoms with van der Waals surface area (Å²) in [5, 5.41) is 2.97. The molecule has 0 saturated carbocycles. The van der Waals surface area contributed by atoms with Crippen molar-refractivity contribution in [3.8, 4) is 11.5 Å². The number of methoxy groups -OCH3 is 1. The van der Waals surface area contributed by atoms with Crippen molar-refractivity contribution >= 4 is 5.91 Å². The van der Waals surface area contributed by atoms with Crippen LogP contribution in [0.3, 0.4) is 0 Å². The number of carbonyl (C=O) groups is 1. The molecule has 0 radical (unpaired) electrons. The van der Waals surface area contributed by atoms with Crippen molar-refractivity contribution in [1.82, 2.24) is 5.32 Å². The predicted octanol–water partition coefficient (Wildman–Crippen LogP) is 3.75. The Balaban J connectivity index is 2.04. The lowest BCUT2D eigenvalue weighted by Gasteiger charge is -2.17. The zero-order chi connectivity index (χ0) is 16.7. The summed E-state index contributed by atoms with van der Waals surface area (Å²) in [6.07, 6.45) is 1.68. The molecule has 120 valence electrons. The number of benzene rings is 2. The lowest BCUT2D eigenvalue weighted by atomic mass is 10.1. The molecule has 2 aromatic carbocycles. The molecule has 0 saturated heterocycles. The Morgan fingerprint density at radius 3 is 2.57 bits per heavy atom. The van der Waals surface area contributed by atoms with Gasteiger partial charge in [0.05, 0.1) is 13.2 Å². The van der Waals surface area contributed by atoms with E-state index in [1.165, 1.54) is 0 Å². The lowest BCUT2D eigenvalue weighted by molar-refractivity contribution is 0.0939. The van der Waals surface area contributed by atoms with Crippen LogP contribution in [0.4, 0.5) is 0 Å². The highest BCUT2D eigenvalue weighted by Crippen LogP contribution is 2.24. The largest absolute Gasteiger partial charge is 0.496 e. The summed E-state index contributed by atoms with van der Waals surface area (Å²) in [6.45, 7) is 5.97. The average Bonchev–Trinajstić information content (AvgIpc) is 2.60. The Hall–Kier alpha value is -2.75. The molecular weight excluding hydrogens is 290 g/mol. The van der Waals surface area contributed by atoms with Crippen LogP contribution in [0.1, 0.15) is 28.9 Å². The van der Waals surface area contributed by atoms with Crippen molar-refractivity contribution in [2.75, 3.05) is 13.7 Å². The summed E-state index contributed by atoms with van der Waals surface area (Å²) in [5.41, 5.74) is 1.52. The smallest absolute Gasteiger partial charge is 0.251 e. The molecule has 0 heterocycles. The number of amides is 1. The molecule has 2 aromatic rings. The van der Waals surface area contributed by atoms with Crippen LogP contribution in [0.25, 0.3) is 0 Å². The summed E-state index contributed by atoms with van der Waals surface area (Å²) in [4.78, 5) is 12.3. The van der Waals surface area contributed by atoms with Crippen molar-refractivity contribution in [2.24, 2.45) is 0 Å². The van der Waals surface area contributed by atoms with Crippen LogP contribution in [0, 0.1) is 0 Å². The first kappa shape index (κ1) is 16.6. The summed E-state index contributed by atoms with van der Waals surface area (Å²) in [7, 11) is 1.62. The van der Waals surface area contributed by atoms with E-state index in [4.69, 9.17) is 9.47 Å². The van der Waals surface area contributed by atoms with Crippen molar-refractivity contribution in [3.05, 3.63) is 72.3 Å². The first-order valence-corrected chi connectivity index (χ1v) is 7.43. The number of ether oxygens (including phenoxy) is 2. The van der Waals surface area contributed by atoms with E-state index < -0.39 is 0 Å². The molecule has 2 rings (SSSR count). The van der Waals surface area contributed by atoms with Crippen LogP contribution in [0.5, 0.6) is 11.5 Å². The summed E-state index contributed by atoms with van der Waals surface area (Å²) < 4.78 is 10.7. The molecule has 1 amide bonds. The Bertz CT molecular complexity index is 665. The number of nitrogens with one attached hydrogen (secondary N) is 1. The molecule has 0 aliphatic carbocycles. The van der Waals surface area contributed by atoms with E-state index in [2.05, 4.69) is 11.9 Å². The SMILES string of the molecule is C=CCOc1ccc(C(=O)N[C@H](C)c2ccccc2OC)cc1. The van der Waals surface area contributed by atoms with Gasteiger partial charge in [0.15, 0.2) is 0 Å². The van der Waals surface area contributed by atoms with E-state index in [9.17, 15) is 4.79 Å². The molecule has 0 bridgehead atoms. The molecule has 1 N–H and O–H groups in total. The monoisotopic (exact) mass is 311 g/mol. The topological polar surface area (TPSA) is 47.6 Å². The van der Waals surface area contributed by atoms with E-state index in [0.717, 1.165) is 11.3 Å². The van der Waals surface area contributed by atoms with Crippen molar-refractivity contribution in [3.63, 3.8) is 0 Å². The fraction of sp³-hybridized carbons (Fsp3) is 0.211. The molecule has 23 heavy (non-hydrogen) atoms. The molecular formula is C19H21NO3. The van der Waals surface area contributed by atoms with Gasteiger partial charge in [0.2, 0.25) is 0 Å². The fourth-order valence-corrected chi connectivity index (χ4v) is 2.24. The molecule has 0 aromatic heterocycles. The molecule has 0 fully saturated rings. The van der Waals surface area contributed by atoms with Gasteiger partial charge in [0, 0.05) is 11.1 Å². The van der Waals surface area contributed by atoms with E-state index in [1.54, 1.807) is 37.5 Å². The van der Waals surface area contributed by atoms with Crippen LogP contribution in [-0.2, 0) is 0 Å². The Morgan fingerprint density at radius 1 is 1.22 bits per heavy atom. The van der Waals surface area contributed by atoms with E-state index in [1.807, 2.05) is 31.2 Å². The minimum atomic E-state index is -0.157. The van der Waals surface area contributed by atoms with Crippen LogP contribution in [0.2, 0.25) is 0 Å². The number of rotatable bonds is 7. The highest BCUT2D eigenvalue weighted by molar-refractivity contribution is 5.94. The molecule has 0 spiro atoms. The lowest BCUT2D eigenvalue weighted by Crippen LogP contribution is -2.26. The number of hydrogen-bond acceptors (Lipinski definition) is 3. The van der Waals surface area contributed by atoms with E-state index >= 15 is 0 Å². The Morgan fingerprint density at radius 2 is 1.91 bits per heavy atom. The Kier molecular flexibility index (Phi) is 5.80. The third kappa shape index (κ3) is 4.36. The van der Waals surface area contributed by atoms with Gasteiger partial charge >= 0.3 is 0 Å². The van der Waals surface area contributed by atoms with Crippen LogP contribution in [-0.4, -0.2) is 19.6 Å². The molecule has 0 unspecified atom stereocenters. The first-order valence-electron chi connectivity index (χ1n) is 7.43. The maximum Gasteiger partial charge on any atom is 0.251 e. The van der Waals surface area contributed by atoms with Gasteiger partial charge < -0.3 is 14.8 Å². The third-order valence-electron chi connectivity index (χ3n) is 3.44. The number of para-hydroxylation sites is 1. The molecule has 0 aliphatic rings. The van der Waals surface area contributed by atoms with Crippen LogP contribution in [0.15, 0.2) is 61.2 Å². The maximum atomic E-state index is 12.3. The van der Waals surface area contributed by atoms with Gasteiger partial charge in [-0.05, 0) is 37.3 Å². The number of hydrogen-bond donors (Lipinski definition) is 1. The fourth-order valence-electron chi connectivity index (χ4n) is 2.24. The zero-order valence-corrected chi connectivity index (χ0v) is 13.4. The standard InChI is InChI=1S/C19H21NO3/c1-4-13-23-16-11-9-15(10-12-16)19(21)20-14(2)17-7-5-6-8-18(17)22-3/h4-12,14H,1,13H2,2-3H3,(H,20,21)/t14-/m1/s1. The zero-order valence-electron chi connectivity index (χ0n) is 13.4. The molecule has 1 atom stereocenters. The maximum absolute atomic E-state index is 12.3. The third-order valence-corrected chi connectivity index (χ3v) is 3.44. The minimum Gasteiger partial charge on any atom is -0.496 e. The van der Waals surface area contributed by atoms with Crippen LogP contribution >= 0.6 is 0 Å². The normalized spacial score (nSPS) is 11.4. The van der Waals surface area contributed by atoms with Crippen molar-refractivity contribution < 1.29 is 14.3 Å². The summed E-state index contributed by atoms with van der Waals surface area (Å²) in [5.74, 6) is 1.33. The second-order valence-corrected chi connectivity index (χ2v) is 5.06. The van der Waals surface area contributed by atoms with E-state index in [0.29, 0.717) is 17.9 Å². The quantitative estimate of drug-likeness (QED) is 0.792. The Labute approximate surface area is 136 Å². The highest BCUT2D eigenvalue weighted by Gasteiger charge is 2.14. The van der Waals surface area contributed by atoms with Gasteiger partial charge in [-0.1, -0.05) is 30.9 Å². The second kappa shape index (κ2) is 8.03. The summed E-state index contributed by atoms with van der Waals surface area (Å²) in [6, 6.07) is 14.5. The second-order valence-electron chi connectivity index (χ2n) is 5.06. The van der Waals surface area contributed by atoms with Gasteiger partial charge in [-0.3, -0.25) is 4.79 Å². The van der Waals surface area contributed by atoms with Gasteiger partial charge in [0.25, 0.3) is 5.91 Å². The first-order chi connectivity index (χ1) is 11.2. The summed E-state index contributed by atoms with van der Waals surface area (Å²) >= 11 is 0. The highest BCUT2D eigenvalue weighted by atomic mass is 16.5. The average molecular weight is 311 g/mol. The van der Waals surface area contributed by atoms with Gasteiger partial charge in [-0.25, -0.2) is 0 Å². The van der Waals surface area contributed by atoms with Crippen LogP contribution < -0.4 is 14.8 Å². The van der Waals surface area contributed by atoms with Gasteiger partial charge in [-0.15, -0.1) is 0 Å². The molecule has 4 heteroatoms. The van der Waals surface area contributed by atoms with Crippen molar-refractivity contribution in [2.45, 2.75) is 13.0 Å². The molecule has 0 aliphatic heterocycles. The predicted molar refractivity (Wildman–Crippen MR) is 91.0 cm³/mol. The van der Waals surface area contributed by atoms with Crippen molar-refractivity contribution in [1.29, 1.82) is 0 Å².